The maximum atomic E-state index is 0. The van der Waals surface area contributed by atoms with Crippen LogP contribution in [0.15, 0.2) is 0 Å². The van der Waals surface area contributed by atoms with Crippen molar-refractivity contribution in [1.29, 1.82) is 0 Å². The first-order chi connectivity index (χ1) is 0. The van der Waals surface area contributed by atoms with Crippen molar-refractivity contribution in [2.75, 3.05) is 0 Å². The molecule has 0 N–H and O–H groups in total. The molecule has 0 saturated carbocycles. The minimum atomic E-state index is 0. The van der Waals surface area contributed by atoms with Gasteiger partial charge in [0.05, 0.1) is 0 Å². The van der Waals surface area contributed by atoms with Crippen LogP contribution in [0.5, 0.6) is 0 Å². The van der Waals surface area contributed by atoms with Crippen molar-refractivity contribution >= 4 is 73.3 Å². The van der Waals surface area contributed by atoms with E-state index in [1.165, 1.54) is 0 Å². The molecule has 0 aliphatic rings. The SMILES string of the molecule is Cl.Cl.Cl.Cl.[TeH]. The number of halogens is 4. The van der Waals surface area contributed by atoms with E-state index in [1.807, 2.05) is 0 Å². The fraction of sp³-hybridized carbons (Fsp3) is 0. The van der Waals surface area contributed by atoms with Crippen LogP contribution in [0.1, 0.15) is 0 Å². The van der Waals surface area contributed by atoms with Gasteiger partial charge < -0.3 is 0 Å². The topological polar surface area (TPSA) is 0 Å². The fourth-order valence-corrected chi connectivity index (χ4v) is 0. The Morgan fingerprint density at radius 1 is 0.400 bits per heavy atom. The molecule has 0 aromatic carbocycles. The Kier molecular flexibility index (Phi) is 496. The Morgan fingerprint density at radius 3 is 0.400 bits per heavy atom. The molecule has 0 bridgehead atoms. The summed E-state index contributed by atoms with van der Waals surface area (Å²) in [6, 6.07) is 0. The van der Waals surface area contributed by atoms with Gasteiger partial charge in [-0.25, -0.2) is 0 Å². The summed E-state index contributed by atoms with van der Waals surface area (Å²) in [6.07, 6.45) is 0. The van der Waals surface area contributed by atoms with Gasteiger partial charge in [0.15, 0.2) is 0 Å². The Morgan fingerprint density at radius 2 is 0.400 bits per heavy atom. The van der Waals surface area contributed by atoms with Crippen molar-refractivity contribution in [2.45, 2.75) is 0 Å². The third-order valence-electron chi connectivity index (χ3n) is 0. The molecule has 5 heteroatoms. The van der Waals surface area contributed by atoms with Crippen molar-refractivity contribution < 1.29 is 0 Å². The average Bonchev–Trinajstić information content (AvgIpc) is 0. The van der Waals surface area contributed by atoms with Crippen LogP contribution in [0.3, 0.4) is 0 Å². The summed E-state index contributed by atoms with van der Waals surface area (Å²) >= 11 is 0. The molecule has 0 aliphatic carbocycles. The van der Waals surface area contributed by atoms with Gasteiger partial charge in [0.1, 0.15) is 0 Å². The van der Waals surface area contributed by atoms with Crippen molar-refractivity contribution in [3.8, 4) is 0 Å². The predicted molar refractivity (Wildman–Crippen MR) is 36.1 cm³/mol. The predicted octanol–water partition coefficient (Wildman–Crippen LogP) is 1.04. The van der Waals surface area contributed by atoms with Crippen molar-refractivity contribution in [3.05, 3.63) is 0 Å². The zero-order chi connectivity index (χ0) is 0. The van der Waals surface area contributed by atoms with Crippen LogP contribution in [0.2, 0.25) is 0 Å². The van der Waals surface area contributed by atoms with E-state index in [-0.39, 0.29) is 73.3 Å². The van der Waals surface area contributed by atoms with Crippen molar-refractivity contribution in [1.82, 2.24) is 0 Å². The molecular weight excluding hydrogens is 269 g/mol. The van der Waals surface area contributed by atoms with Gasteiger partial charge in [0.2, 0.25) is 0 Å². The van der Waals surface area contributed by atoms with Crippen LogP contribution in [0.4, 0.5) is 0 Å². The van der Waals surface area contributed by atoms with Crippen LogP contribution in [0.25, 0.3) is 0 Å². The number of rotatable bonds is 0. The van der Waals surface area contributed by atoms with Crippen molar-refractivity contribution in [3.63, 3.8) is 0 Å². The maximum absolute atomic E-state index is 0. The first kappa shape index (κ1) is 64.7. The van der Waals surface area contributed by atoms with E-state index in [0.29, 0.717) is 0 Å². The summed E-state index contributed by atoms with van der Waals surface area (Å²) in [6.45, 7) is 0. The summed E-state index contributed by atoms with van der Waals surface area (Å²) < 4.78 is 0. The molecule has 0 unspecified atom stereocenters. The van der Waals surface area contributed by atoms with Crippen LogP contribution in [0, 0.1) is 0 Å². The van der Waals surface area contributed by atoms with E-state index in [2.05, 4.69) is 0 Å². The normalized spacial score (nSPS) is 0. The summed E-state index contributed by atoms with van der Waals surface area (Å²) in [5.74, 6) is 0. The molecule has 0 aromatic heterocycles. The molecule has 0 heterocycles. The van der Waals surface area contributed by atoms with Crippen molar-refractivity contribution in [2.24, 2.45) is 0 Å². The molecule has 39 valence electrons. The van der Waals surface area contributed by atoms with Crippen LogP contribution >= 0.6 is 49.6 Å². The second kappa shape index (κ2) is 38.3. The quantitative estimate of drug-likeness (QED) is 0.579. The van der Waals surface area contributed by atoms with E-state index in [9.17, 15) is 0 Å². The van der Waals surface area contributed by atoms with E-state index < -0.39 is 0 Å². The minimum absolute atomic E-state index is 0. The van der Waals surface area contributed by atoms with Gasteiger partial charge in [0.25, 0.3) is 0 Å². The van der Waals surface area contributed by atoms with Crippen LogP contribution in [-0.4, -0.2) is 23.7 Å². The van der Waals surface area contributed by atoms with Crippen LogP contribution in [-0.2, 0) is 0 Å². The van der Waals surface area contributed by atoms with E-state index in [4.69, 9.17) is 0 Å². The summed E-state index contributed by atoms with van der Waals surface area (Å²) in [7, 11) is 0. The number of hydrogen-bond donors (Lipinski definition) is 0. The summed E-state index contributed by atoms with van der Waals surface area (Å²) in [5.41, 5.74) is 0. The van der Waals surface area contributed by atoms with Gasteiger partial charge in [-0.3, -0.25) is 0 Å². The van der Waals surface area contributed by atoms with Gasteiger partial charge in [-0.2, -0.15) is 0 Å². The first-order valence-corrected chi connectivity index (χ1v) is 0. The standard InChI is InChI=1S/4ClH.HTe/h5*1H. The molecule has 0 atom stereocenters. The molecule has 0 aliphatic heterocycles. The van der Waals surface area contributed by atoms with E-state index in [0.717, 1.165) is 0 Å². The van der Waals surface area contributed by atoms with Gasteiger partial charge >= 0.3 is 23.7 Å². The second-order valence-corrected chi connectivity index (χ2v) is 0. The monoisotopic (exact) mass is 275 g/mol. The Labute approximate surface area is 72.8 Å². The van der Waals surface area contributed by atoms with E-state index in [1.54, 1.807) is 0 Å². The zero-order valence-corrected chi connectivity index (χ0v) is 7.90. The Bertz CT molecular complexity index is 3.61. The molecule has 0 amide bonds. The Hall–Kier alpha value is 1.95. The first-order valence-electron chi connectivity index (χ1n) is 0. The van der Waals surface area contributed by atoms with Gasteiger partial charge in [-0.15, -0.1) is 49.6 Å². The Balaban J connectivity index is 0. The van der Waals surface area contributed by atoms with Gasteiger partial charge in [0, 0.05) is 0 Å². The molecule has 0 rings (SSSR count). The molecule has 1 radical (unpaired) electrons. The average molecular weight is 274 g/mol. The van der Waals surface area contributed by atoms with Crippen LogP contribution < -0.4 is 0 Å². The molecule has 0 nitrogen and oxygen atoms in total. The molecular formula is H5Cl4Te. The fourth-order valence-electron chi connectivity index (χ4n) is 0. The third-order valence-corrected chi connectivity index (χ3v) is 0. The second-order valence-electron chi connectivity index (χ2n) is 0. The summed E-state index contributed by atoms with van der Waals surface area (Å²) in [5, 5.41) is 0. The molecule has 0 fully saturated rings. The molecule has 0 spiro atoms. The summed E-state index contributed by atoms with van der Waals surface area (Å²) in [4.78, 5) is 0. The molecule has 5 heavy (non-hydrogen) atoms. The zero-order valence-electron chi connectivity index (χ0n) is 2.08. The van der Waals surface area contributed by atoms with Gasteiger partial charge in [-0.05, 0) is 0 Å². The third kappa shape index (κ3) is 24.4. The number of hydrogen-bond acceptors (Lipinski definition) is 0. The molecule has 0 aromatic rings. The van der Waals surface area contributed by atoms with E-state index >= 15 is 0 Å². The molecule has 0 saturated heterocycles. The van der Waals surface area contributed by atoms with Gasteiger partial charge in [-0.1, -0.05) is 0 Å².